The molecular formula is C11H15NO5S. The van der Waals surface area contributed by atoms with Gasteiger partial charge in [0, 0.05) is 0 Å². The van der Waals surface area contributed by atoms with Gasteiger partial charge in [-0.2, -0.15) is 4.72 Å². The van der Waals surface area contributed by atoms with Gasteiger partial charge in [-0.15, -0.1) is 0 Å². The van der Waals surface area contributed by atoms with Gasteiger partial charge in [0.15, 0.2) is 0 Å². The van der Waals surface area contributed by atoms with Gasteiger partial charge in [0.2, 0.25) is 10.0 Å². The number of aliphatic hydroxyl groups excluding tert-OH is 1. The van der Waals surface area contributed by atoms with Gasteiger partial charge in [0.25, 0.3) is 0 Å². The zero-order chi connectivity index (χ0) is 13.9. The molecule has 0 saturated heterocycles. The summed E-state index contributed by atoms with van der Waals surface area (Å²) < 4.78 is 25.8. The minimum atomic E-state index is -3.95. The van der Waals surface area contributed by atoms with Gasteiger partial charge in [0.1, 0.15) is 6.04 Å². The highest BCUT2D eigenvalue weighted by atomic mass is 32.2. The molecule has 3 N–H and O–H groups in total. The van der Waals surface area contributed by atoms with Crippen molar-refractivity contribution in [1.82, 2.24) is 4.72 Å². The third-order valence-electron chi connectivity index (χ3n) is 2.28. The van der Waals surface area contributed by atoms with Crippen LogP contribution in [0.1, 0.15) is 11.1 Å². The Balaban J connectivity index is 3.10. The monoisotopic (exact) mass is 273 g/mol. The average molecular weight is 273 g/mol. The Kier molecular flexibility index (Phi) is 4.44. The van der Waals surface area contributed by atoms with Gasteiger partial charge >= 0.3 is 5.97 Å². The second-order valence-corrected chi connectivity index (χ2v) is 5.73. The lowest BCUT2D eigenvalue weighted by Crippen LogP contribution is -2.43. The molecule has 100 valence electrons. The van der Waals surface area contributed by atoms with Crippen LogP contribution in [0.3, 0.4) is 0 Å². The second kappa shape index (κ2) is 5.47. The van der Waals surface area contributed by atoms with Crippen molar-refractivity contribution in [3.8, 4) is 0 Å². The van der Waals surface area contributed by atoms with Crippen LogP contribution >= 0.6 is 0 Å². The predicted octanol–water partition coefficient (Wildman–Crippen LogP) is 0.0272. The van der Waals surface area contributed by atoms with E-state index in [9.17, 15) is 13.2 Å². The third-order valence-corrected chi connectivity index (χ3v) is 3.73. The number of aliphatic hydroxyl groups is 1. The fourth-order valence-corrected chi connectivity index (χ4v) is 2.88. The minimum Gasteiger partial charge on any atom is -0.480 e. The first-order chi connectivity index (χ1) is 8.26. The Morgan fingerprint density at radius 3 is 2.17 bits per heavy atom. The van der Waals surface area contributed by atoms with E-state index < -0.39 is 28.6 Å². The summed E-state index contributed by atoms with van der Waals surface area (Å²) in [4.78, 5) is 10.7. The molecule has 1 atom stereocenters. The topological polar surface area (TPSA) is 104 Å². The van der Waals surface area contributed by atoms with Crippen LogP contribution in [0.4, 0.5) is 0 Å². The Morgan fingerprint density at radius 1 is 1.28 bits per heavy atom. The number of benzene rings is 1. The van der Waals surface area contributed by atoms with Crippen LogP contribution in [0.15, 0.2) is 23.1 Å². The number of carboxylic acids is 1. The summed E-state index contributed by atoms with van der Waals surface area (Å²) in [5, 5.41) is 17.5. The Morgan fingerprint density at radius 2 is 1.78 bits per heavy atom. The number of aryl methyl sites for hydroxylation is 2. The molecule has 0 aromatic heterocycles. The summed E-state index contributed by atoms with van der Waals surface area (Å²) in [5.74, 6) is -1.43. The molecule has 0 aliphatic carbocycles. The molecule has 0 saturated carbocycles. The number of aliphatic carboxylic acids is 1. The van der Waals surface area contributed by atoms with Crippen molar-refractivity contribution in [3.05, 3.63) is 29.3 Å². The van der Waals surface area contributed by atoms with Gasteiger partial charge < -0.3 is 10.2 Å². The zero-order valence-corrected chi connectivity index (χ0v) is 10.9. The molecule has 6 nitrogen and oxygen atoms in total. The first kappa shape index (κ1) is 14.6. The van der Waals surface area contributed by atoms with Crippen LogP contribution in [0.5, 0.6) is 0 Å². The Labute approximate surface area is 105 Å². The lowest BCUT2D eigenvalue weighted by atomic mass is 10.2. The van der Waals surface area contributed by atoms with Gasteiger partial charge in [-0.25, -0.2) is 8.42 Å². The van der Waals surface area contributed by atoms with Gasteiger partial charge in [-0.1, -0.05) is 6.07 Å². The van der Waals surface area contributed by atoms with E-state index in [0.29, 0.717) is 0 Å². The van der Waals surface area contributed by atoms with Crippen LogP contribution < -0.4 is 4.72 Å². The third kappa shape index (κ3) is 3.52. The van der Waals surface area contributed by atoms with Gasteiger partial charge in [-0.05, 0) is 37.1 Å². The summed E-state index contributed by atoms with van der Waals surface area (Å²) in [7, 11) is -3.95. The number of hydrogen-bond donors (Lipinski definition) is 3. The molecule has 0 bridgehead atoms. The predicted molar refractivity (Wildman–Crippen MR) is 64.7 cm³/mol. The van der Waals surface area contributed by atoms with E-state index >= 15 is 0 Å². The molecule has 0 heterocycles. The van der Waals surface area contributed by atoms with Crippen molar-refractivity contribution < 1.29 is 23.4 Å². The van der Waals surface area contributed by atoms with Crippen molar-refractivity contribution in [2.75, 3.05) is 6.61 Å². The molecule has 1 rings (SSSR count). The van der Waals surface area contributed by atoms with Crippen molar-refractivity contribution in [3.63, 3.8) is 0 Å². The van der Waals surface area contributed by atoms with Crippen LogP contribution in [-0.2, 0) is 14.8 Å². The highest BCUT2D eigenvalue weighted by molar-refractivity contribution is 7.89. The molecule has 1 unspecified atom stereocenters. The fraction of sp³-hybridized carbons (Fsp3) is 0.364. The molecule has 0 aliphatic rings. The summed E-state index contributed by atoms with van der Waals surface area (Å²) in [6.45, 7) is 2.68. The fourth-order valence-electron chi connectivity index (χ4n) is 1.51. The maximum Gasteiger partial charge on any atom is 0.324 e. The highest BCUT2D eigenvalue weighted by Crippen LogP contribution is 2.14. The lowest BCUT2D eigenvalue weighted by Gasteiger charge is -2.13. The first-order valence-corrected chi connectivity index (χ1v) is 6.69. The highest BCUT2D eigenvalue weighted by Gasteiger charge is 2.24. The number of sulfonamides is 1. The number of carbonyl (C=O) groups is 1. The maximum atomic E-state index is 11.9. The van der Waals surface area contributed by atoms with Crippen molar-refractivity contribution in [2.24, 2.45) is 0 Å². The quantitative estimate of drug-likeness (QED) is 0.702. The summed E-state index contributed by atoms with van der Waals surface area (Å²) in [6, 6.07) is 3.13. The van der Waals surface area contributed by atoms with Crippen molar-refractivity contribution >= 4 is 16.0 Å². The molecule has 1 aromatic rings. The second-order valence-electron chi connectivity index (χ2n) is 4.02. The first-order valence-electron chi connectivity index (χ1n) is 5.20. The molecule has 0 spiro atoms. The molecule has 0 aliphatic heterocycles. The zero-order valence-electron chi connectivity index (χ0n) is 10.0. The van der Waals surface area contributed by atoms with E-state index in [4.69, 9.17) is 10.2 Å². The summed E-state index contributed by atoms with van der Waals surface area (Å²) >= 11 is 0. The van der Waals surface area contributed by atoms with Crippen molar-refractivity contribution in [2.45, 2.75) is 24.8 Å². The Hall–Kier alpha value is -1.44. The van der Waals surface area contributed by atoms with Crippen LogP contribution in [0.25, 0.3) is 0 Å². The number of nitrogens with one attached hydrogen (secondary N) is 1. The SMILES string of the molecule is Cc1cc(C)cc(S(=O)(=O)NC(CO)C(=O)O)c1. The molecule has 1 aromatic carbocycles. The van der Waals surface area contributed by atoms with E-state index in [1.165, 1.54) is 12.1 Å². The van der Waals surface area contributed by atoms with E-state index in [0.717, 1.165) is 11.1 Å². The standard InChI is InChI=1S/C11H15NO5S/c1-7-3-8(2)5-9(4-7)18(16,17)12-10(6-13)11(14)15/h3-5,10,12-13H,6H2,1-2H3,(H,14,15). The smallest absolute Gasteiger partial charge is 0.324 e. The average Bonchev–Trinajstić information content (AvgIpc) is 2.24. The number of hydrogen-bond acceptors (Lipinski definition) is 4. The normalized spacial score (nSPS) is 13.3. The van der Waals surface area contributed by atoms with Gasteiger partial charge in [0.05, 0.1) is 11.5 Å². The molecule has 0 amide bonds. The molecule has 18 heavy (non-hydrogen) atoms. The lowest BCUT2D eigenvalue weighted by molar-refractivity contribution is -0.139. The van der Waals surface area contributed by atoms with E-state index in [2.05, 4.69) is 0 Å². The maximum absolute atomic E-state index is 11.9. The van der Waals surface area contributed by atoms with E-state index in [-0.39, 0.29) is 4.90 Å². The van der Waals surface area contributed by atoms with Crippen LogP contribution in [0, 0.1) is 13.8 Å². The molecule has 0 radical (unpaired) electrons. The summed E-state index contributed by atoms with van der Waals surface area (Å²) in [6.07, 6.45) is 0. The van der Waals surface area contributed by atoms with E-state index in [1.807, 2.05) is 4.72 Å². The Bertz CT molecular complexity index is 532. The van der Waals surface area contributed by atoms with Crippen LogP contribution in [-0.4, -0.2) is 37.2 Å². The molecular weight excluding hydrogens is 258 g/mol. The summed E-state index contributed by atoms with van der Waals surface area (Å²) in [5.41, 5.74) is 1.51. The van der Waals surface area contributed by atoms with E-state index in [1.54, 1.807) is 19.9 Å². The number of carboxylic acid groups (broad SMARTS) is 1. The number of rotatable bonds is 5. The molecule has 0 fully saturated rings. The van der Waals surface area contributed by atoms with Crippen molar-refractivity contribution in [1.29, 1.82) is 0 Å². The largest absolute Gasteiger partial charge is 0.480 e. The van der Waals surface area contributed by atoms with Gasteiger partial charge in [-0.3, -0.25) is 4.79 Å². The molecule has 7 heteroatoms. The minimum absolute atomic E-state index is 0.0142. The van der Waals surface area contributed by atoms with Crippen LogP contribution in [0.2, 0.25) is 0 Å².